The lowest BCUT2D eigenvalue weighted by molar-refractivity contribution is -0.0812. The van der Waals surface area contributed by atoms with Crippen molar-refractivity contribution in [3.63, 3.8) is 0 Å². The van der Waals surface area contributed by atoms with Crippen LogP contribution in [0.4, 0.5) is 38.0 Å². The first-order valence-electron chi connectivity index (χ1n) is 15.5. The summed E-state index contributed by atoms with van der Waals surface area (Å²) in [4.78, 5) is 47.7. The molecule has 48 heavy (non-hydrogen) atoms. The third kappa shape index (κ3) is 7.66. The number of hydrogen-bond acceptors (Lipinski definition) is 8. The second-order valence-electron chi connectivity index (χ2n) is 13.1. The van der Waals surface area contributed by atoms with Gasteiger partial charge in [-0.3, -0.25) is 9.59 Å². The Morgan fingerprint density at radius 3 is 2.12 bits per heavy atom. The minimum absolute atomic E-state index is 0.0522. The van der Waals surface area contributed by atoms with Gasteiger partial charge < -0.3 is 30.9 Å². The number of carbonyl (C=O) groups excluding carboxylic acids is 3. The summed E-state index contributed by atoms with van der Waals surface area (Å²) in [6, 6.07) is 20.2. The number of ether oxygens (including phenoxy) is 1. The molecule has 0 bridgehead atoms. The number of likely N-dealkylation sites (tertiary alicyclic amines) is 1. The van der Waals surface area contributed by atoms with Crippen molar-refractivity contribution in [3.05, 3.63) is 101 Å². The summed E-state index contributed by atoms with van der Waals surface area (Å²) >= 11 is 6.12. The van der Waals surface area contributed by atoms with Gasteiger partial charge in [0.25, 0.3) is 11.8 Å². The highest BCUT2D eigenvalue weighted by atomic mass is 35.5. The van der Waals surface area contributed by atoms with E-state index in [1.54, 1.807) is 77.7 Å². The molecule has 3 aromatic carbocycles. The topological polar surface area (TPSA) is 138 Å². The van der Waals surface area contributed by atoms with Crippen LogP contribution in [0.1, 0.15) is 54.3 Å². The maximum absolute atomic E-state index is 14.6. The van der Waals surface area contributed by atoms with Crippen molar-refractivity contribution in [1.29, 1.82) is 0 Å². The van der Waals surface area contributed by atoms with Crippen molar-refractivity contribution in [3.8, 4) is 0 Å². The van der Waals surface area contributed by atoms with Crippen molar-refractivity contribution < 1.29 is 23.5 Å². The van der Waals surface area contributed by atoms with Gasteiger partial charge in [-0.15, -0.1) is 0 Å². The number of nitrogens with zero attached hydrogens (tertiary/aromatic N) is 3. The highest BCUT2D eigenvalue weighted by Crippen LogP contribution is 2.48. The average molecular weight is 672 g/mol. The number of anilines is 5. The molecule has 0 atom stereocenters. The van der Waals surface area contributed by atoms with Gasteiger partial charge in [-0.05, 0) is 94.3 Å². The lowest BCUT2D eigenvalue weighted by Gasteiger charge is -2.58. The van der Waals surface area contributed by atoms with Gasteiger partial charge in [0.1, 0.15) is 5.60 Å². The number of carbonyl (C=O) groups is 3. The number of hydrogen-bond donors (Lipinski definition) is 4. The molecule has 13 heteroatoms. The number of aromatic nitrogens is 2. The van der Waals surface area contributed by atoms with Gasteiger partial charge in [0.05, 0.1) is 16.9 Å². The minimum atomic E-state index is -0.662. The van der Waals surface area contributed by atoms with Crippen LogP contribution in [0.15, 0.2) is 79.0 Å². The maximum atomic E-state index is 14.6. The van der Waals surface area contributed by atoms with Crippen LogP contribution in [-0.2, 0) is 4.74 Å². The Bertz CT molecular complexity index is 1830. The third-order valence-corrected chi connectivity index (χ3v) is 8.41. The molecule has 3 amide bonds. The average Bonchev–Trinajstić information content (AvgIpc) is 3.00. The van der Waals surface area contributed by atoms with Crippen LogP contribution >= 0.6 is 11.6 Å². The van der Waals surface area contributed by atoms with E-state index >= 15 is 0 Å². The van der Waals surface area contributed by atoms with E-state index in [0.717, 1.165) is 19.0 Å². The lowest BCUT2D eigenvalue weighted by Crippen LogP contribution is -2.67. The van der Waals surface area contributed by atoms with Gasteiger partial charge in [-0.1, -0.05) is 23.7 Å². The highest BCUT2D eigenvalue weighted by Gasteiger charge is 2.54. The van der Waals surface area contributed by atoms with Gasteiger partial charge in [0.2, 0.25) is 5.95 Å². The van der Waals surface area contributed by atoms with Crippen LogP contribution in [0, 0.1) is 11.2 Å². The van der Waals surface area contributed by atoms with E-state index in [1.165, 1.54) is 0 Å². The van der Waals surface area contributed by atoms with Crippen LogP contribution in [0.25, 0.3) is 0 Å². The fourth-order valence-electron chi connectivity index (χ4n) is 5.78. The number of para-hydroxylation sites is 1. The minimum Gasteiger partial charge on any atom is -0.444 e. The van der Waals surface area contributed by atoms with Gasteiger partial charge >= 0.3 is 6.09 Å². The maximum Gasteiger partial charge on any atom is 0.410 e. The molecule has 0 radical (unpaired) electrons. The van der Waals surface area contributed by atoms with Crippen LogP contribution in [0.3, 0.4) is 0 Å². The molecule has 1 spiro atoms. The standard InChI is InChI=1S/C35H35ClFN7O4/c1-34(2,3)48-33(47)44-19-35(20-44)16-25(17-35)40-30(45)21-10-14-24(15-11-21)41-32-38-18-27(37)29(43-32)39-23-12-8-22(9-13-23)31(46)42-28-7-5-4-6-26(28)36/h4-15,18,25H,16-17,19-20H2,1-3H3,(H,40,45)(H,42,46)(H2,38,39,41,43). The quantitative estimate of drug-likeness (QED) is 0.155. The molecule has 248 valence electrons. The zero-order valence-corrected chi connectivity index (χ0v) is 27.4. The summed E-state index contributed by atoms with van der Waals surface area (Å²) in [6.45, 7) is 6.84. The number of rotatable bonds is 8. The highest BCUT2D eigenvalue weighted by molar-refractivity contribution is 6.33. The van der Waals surface area contributed by atoms with Gasteiger partial charge in [-0.2, -0.15) is 4.98 Å². The Labute approximate surface area is 282 Å². The fourth-order valence-corrected chi connectivity index (χ4v) is 5.96. The molecule has 0 unspecified atom stereocenters. The first-order chi connectivity index (χ1) is 22.8. The van der Waals surface area contributed by atoms with E-state index in [9.17, 15) is 18.8 Å². The van der Waals surface area contributed by atoms with Gasteiger partial charge in [0, 0.05) is 47.0 Å². The third-order valence-electron chi connectivity index (χ3n) is 8.08. The normalized spacial score (nSPS) is 15.1. The van der Waals surface area contributed by atoms with Crippen molar-refractivity contribution in [2.75, 3.05) is 29.0 Å². The molecule has 4 N–H and O–H groups in total. The molecular weight excluding hydrogens is 637 g/mol. The SMILES string of the molecule is CC(C)(C)OC(=O)N1CC2(CC(NC(=O)c3ccc(Nc4ncc(F)c(Nc5ccc(C(=O)Nc6ccccc6Cl)cc5)n4)cc3)C2)C1. The summed E-state index contributed by atoms with van der Waals surface area (Å²) < 4.78 is 20.0. The van der Waals surface area contributed by atoms with Crippen LogP contribution < -0.4 is 21.3 Å². The molecular formula is C35H35ClFN7O4. The van der Waals surface area contributed by atoms with Gasteiger partial charge in [-0.25, -0.2) is 14.2 Å². The summed E-state index contributed by atoms with van der Waals surface area (Å²) in [5.74, 6) is -1.09. The van der Waals surface area contributed by atoms with E-state index < -0.39 is 11.4 Å². The Morgan fingerprint density at radius 1 is 0.896 bits per heavy atom. The van der Waals surface area contributed by atoms with Crippen molar-refractivity contribution >= 4 is 58.3 Å². The largest absolute Gasteiger partial charge is 0.444 e. The van der Waals surface area contributed by atoms with E-state index in [0.29, 0.717) is 46.3 Å². The van der Waals surface area contributed by atoms with E-state index in [2.05, 4.69) is 31.2 Å². The molecule has 1 aliphatic heterocycles. The Morgan fingerprint density at radius 2 is 1.50 bits per heavy atom. The second kappa shape index (κ2) is 13.1. The van der Waals surface area contributed by atoms with Crippen LogP contribution in [-0.4, -0.2) is 57.5 Å². The number of amides is 3. The Balaban J connectivity index is 0.986. The summed E-state index contributed by atoms with van der Waals surface area (Å²) in [5.41, 5.74) is 2.04. The molecule has 4 aromatic rings. The zero-order valence-electron chi connectivity index (χ0n) is 26.6. The van der Waals surface area contributed by atoms with Crippen molar-refractivity contribution in [2.45, 2.75) is 45.3 Å². The number of halogens is 2. The molecule has 2 aliphatic rings. The van der Waals surface area contributed by atoms with E-state index in [4.69, 9.17) is 16.3 Å². The van der Waals surface area contributed by atoms with E-state index in [1.807, 2.05) is 20.8 Å². The molecule has 1 aliphatic carbocycles. The van der Waals surface area contributed by atoms with E-state index in [-0.39, 0.29) is 41.1 Å². The first kappa shape index (κ1) is 32.7. The van der Waals surface area contributed by atoms with Crippen LogP contribution in [0.2, 0.25) is 5.02 Å². The monoisotopic (exact) mass is 671 g/mol. The number of nitrogens with one attached hydrogen (secondary N) is 4. The molecule has 1 saturated carbocycles. The van der Waals surface area contributed by atoms with Crippen molar-refractivity contribution in [2.24, 2.45) is 5.41 Å². The van der Waals surface area contributed by atoms with Crippen LogP contribution in [0.5, 0.6) is 0 Å². The van der Waals surface area contributed by atoms with Crippen molar-refractivity contribution in [1.82, 2.24) is 20.2 Å². The number of benzene rings is 3. The molecule has 2 heterocycles. The predicted molar refractivity (Wildman–Crippen MR) is 182 cm³/mol. The molecule has 1 aromatic heterocycles. The van der Waals surface area contributed by atoms with Gasteiger partial charge in [0.15, 0.2) is 11.6 Å². The first-order valence-corrected chi connectivity index (χ1v) is 15.8. The fraction of sp³-hybridized carbons (Fsp3) is 0.286. The smallest absolute Gasteiger partial charge is 0.410 e. The lowest BCUT2D eigenvalue weighted by atomic mass is 9.60. The summed E-state index contributed by atoms with van der Waals surface area (Å²) in [6.07, 6.45) is 2.39. The molecule has 6 rings (SSSR count). The molecule has 1 saturated heterocycles. The Kier molecular flexibility index (Phi) is 8.93. The predicted octanol–water partition coefficient (Wildman–Crippen LogP) is 7.14. The second-order valence-corrected chi connectivity index (χ2v) is 13.6. The molecule has 2 fully saturated rings. The zero-order chi connectivity index (χ0) is 34.1. The summed E-state index contributed by atoms with van der Waals surface area (Å²) in [5, 5.41) is 12.2. The summed E-state index contributed by atoms with van der Waals surface area (Å²) in [7, 11) is 0. The molecule has 11 nitrogen and oxygen atoms in total. The Hall–Kier alpha value is -5.23.